The van der Waals surface area contributed by atoms with Crippen molar-refractivity contribution >= 4 is 17.5 Å². The van der Waals surface area contributed by atoms with Gasteiger partial charge in [0.15, 0.2) is 0 Å². The number of benzene rings is 1. The molecule has 1 amide bonds. The smallest absolute Gasteiger partial charge is 0.254 e. The topological polar surface area (TPSA) is 70.6 Å². The Labute approximate surface area is 154 Å². The molecule has 1 saturated heterocycles. The third-order valence-corrected chi connectivity index (χ3v) is 4.42. The first-order valence-electron chi connectivity index (χ1n) is 8.96. The quantitative estimate of drug-likeness (QED) is 0.854. The average Bonchev–Trinajstić information content (AvgIpc) is 2.72. The van der Waals surface area contributed by atoms with Crippen LogP contribution in [0.1, 0.15) is 23.7 Å². The maximum Gasteiger partial charge on any atom is 0.254 e. The molecular formula is C19H25N5O2. The molecule has 7 heteroatoms. The van der Waals surface area contributed by atoms with Crippen LogP contribution in [0.4, 0.5) is 11.6 Å². The van der Waals surface area contributed by atoms with E-state index in [1.807, 2.05) is 25.1 Å². The molecule has 1 aromatic carbocycles. The van der Waals surface area contributed by atoms with Gasteiger partial charge in [-0.25, -0.2) is 9.97 Å². The summed E-state index contributed by atoms with van der Waals surface area (Å²) in [7, 11) is 1.70. The van der Waals surface area contributed by atoms with Crippen molar-refractivity contribution in [2.75, 3.05) is 49.6 Å². The third kappa shape index (κ3) is 4.04. The maximum absolute atomic E-state index is 11.9. The van der Waals surface area contributed by atoms with Crippen LogP contribution in [0.15, 0.2) is 36.7 Å². The van der Waals surface area contributed by atoms with Gasteiger partial charge in [0.25, 0.3) is 5.91 Å². The number of hydrogen-bond donors (Lipinski definition) is 1. The lowest BCUT2D eigenvalue weighted by molar-refractivity contribution is 0.0953. The zero-order valence-electron chi connectivity index (χ0n) is 15.3. The number of nitrogens with zero attached hydrogens (tertiary/aromatic N) is 4. The van der Waals surface area contributed by atoms with Gasteiger partial charge in [-0.15, -0.1) is 0 Å². The van der Waals surface area contributed by atoms with Gasteiger partial charge >= 0.3 is 0 Å². The molecule has 1 fully saturated rings. The molecule has 0 atom stereocenters. The van der Waals surface area contributed by atoms with Crippen LogP contribution in [-0.2, 0) is 0 Å². The Morgan fingerprint density at radius 1 is 1.12 bits per heavy atom. The second-order valence-corrected chi connectivity index (χ2v) is 6.17. The molecular weight excluding hydrogens is 330 g/mol. The van der Waals surface area contributed by atoms with Crippen LogP contribution >= 0.6 is 0 Å². The van der Waals surface area contributed by atoms with Gasteiger partial charge in [0.05, 0.1) is 18.4 Å². The van der Waals surface area contributed by atoms with Gasteiger partial charge in [-0.2, -0.15) is 0 Å². The first-order valence-corrected chi connectivity index (χ1v) is 8.96. The number of ether oxygens (including phenoxy) is 1. The maximum atomic E-state index is 11.9. The van der Waals surface area contributed by atoms with E-state index in [1.54, 1.807) is 19.5 Å². The molecule has 7 nitrogen and oxygen atoms in total. The van der Waals surface area contributed by atoms with Gasteiger partial charge in [-0.05, 0) is 18.6 Å². The van der Waals surface area contributed by atoms with Gasteiger partial charge in [-0.1, -0.05) is 19.1 Å². The highest BCUT2D eigenvalue weighted by molar-refractivity contribution is 5.93. The molecule has 0 bridgehead atoms. The van der Waals surface area contributed by atoms with Gasteiger partial charge < -0.3 is 19.9 Å². The van der Waals surface area contributed by atoms with Crippen molar-refractivity contribution in [2.24, 2.45) is 0 Å². The molecule has 0 saturated carbocycles. The molecule has 1 aliphatic heterocycles. The van der Waals surface area contributed by atoms with Gasteiger partial charge in [0.2, 0.25) is 5.95 Å². The Morgan fingerprint density at radius 3 is 2.42 bits per heavy atom. The highest BCUT2D eigenvalue weighted by Gasteiger charge is 2.21. The summed E-state index contributed by atoms with van der Waals surface area (Å²) in [4.78, 5) is 25.1. The van der Waals surface area contributed by atoms with Crippen LogP contribution in [0.3, 0.4) is 0 Å². The second-order valence-electron chi connectivity index (χ2n) is 6.17. The third-order valence-electron chi connectivity index (χ3n) is 4.42. The minimum atomic E-state index is -0.126. The van der Waals surface area contributed by atoms with Gasteiger partial charge in [-0.3, -0.25) is 4.79 Å². The summed E-state index contributed by atoms with van der Waals surface area (Å²) in [5.74, 6) is 1.43. The number of carbonyl (C=O) groups is 1. The number of methoxy groups -OCH3 is 1. The molecule has 0 unspecified atom stereocenters. The Hall–Kier alpha value is -2.83. The van der Waals surface area contributed by atoms with Crippen molar-refractivity contribution in [3.63, 3.8) is 0 Å². The molecule has 3 rings (SSSR count). The van der Waals surface area contributed by atoms with E-state index in [1.165, 1.54) is 0 Å². The van der Waals surface area contributed by atoms with E-state index < -0.39 is 0 Å². The molecule has 1 aromatic heterocycles. The van der Waals surface area contributed by atoms with E-state index in [0.29, 0.717) is 18.1 Å². The number of hydrogen-bond acceptors (Lipinski definition) is 6. The Bertz CT molecular complexity index is 727. The van der Waals surface area contributed by atoms with Gasteiger partial charge in [0, 0.05) is 45.1 Å². The first kappa shape index (κ1) is 18.0. The van der Waals surface area contributed by atoms with Crippen molar-refractivity contribution < 1.29 is 9.53 Å². The summed E-state index contributed by atoms with van der Waals surface area (Å²) in [6.45, 7) is 6.04. The summed E-state index contributed by atoms with van der Waals surface area (Å²) in [5.41, 5.74) is 1.60. The summed E-state index contributed by atoms with van der Waals surface area (Å²) in [6, 6.07) is 8.06. The van der Waals surface area contributed by atoms with Crippen LogP contribution in [0, 0.1) is 0 Å². The predicted molar refractivity (Wildman–Crippen MR) is 102 cm³/mol. The summed E-state index contributed by atoms with van der Waals surface area (Å²) in [5, 5.41) is 2.83. The molecule has 2 aromatic rings. The molecule has 138 valence electrons. The molecule has 0 radical (unpaired) electrons. The second kappa shape index (κ2) is 8.51. The normalized spacial score (nSPS) is 14.2. The van der Waals surface area contributed by atoms with Crippen LogP contribution in [0.25, 0.3) is 0 Å². The van der Waals surface area contributed by atoms with Crippen LogP contribution < -0.4 is 19.9 Å². The van der Waals surface area contributed by atoms with Crippen molar-refractivity contribution in [3.05, 3.63) is 42.2 Å². The number of amides is 1. The van der Waals surface area contributed by atoms with E-state index >= 15 is 0 Å². The largest absolute Gasteiger partial charge is 0.495 e. The van der Waals surface area contributed by atoms with Crippen molar-refractivity contribution in [2.45, 2.75) is 13.3 Å². The van der Waals surface area contributed by atoms with Crippen molar-refractivity contribution in [1.29, 1.82) is 0 Å². The highest BCUT2D eigenvalue weighted by Crippen LogP contribution is 2.28. The zero-order valence-corrected chi connectivity index (χ0v) is 15.3. The SMILES string of the molecule is CCCNC(=O)c1cnc(N2CCN(c3ccccc3OC)CC2)nc1. The van der Waals surface area contributed by atoms with Crippen LogP contribution in [-0.4, -0.2) is 55.7 Å². The first-order chi connectivity index (χ1) is 12.7. The summed E-state index contributed by atoms with van der Waals surface area (Å²) >= 11 is 0. The van der Waals surface area contributed by atoms with E-state index in [9.17, 15) is 4.79 Å². The summed E-state index contributed by atoms with van der Waals surface area (Å²) in [6.07, 6.45) is 4.10. The molecule has 0 aliphatic carbocycles. The number of carbonyl (C=O) groups excluding carboxylic acids is 1. The minimum absolute atomic E-state index is 0.126. The predicted octanol–water partition coefficient (Wildman–Crippen LogP) is 1.95. The number of anilines is 2. The molecule has 0 spiro atoms. The fourth-order valence-electron chi connectivity index (χ4n) is 2.98. The molecule has 1 aliphatic rings. The van der Waals surface area contributed by atoms with E-state index in [-0.39, 0.29) is 5.91 Å². The lowest BCUT2D eigenvalue weighted by Crippen LogP contribution is -2.47. The average molecular weight is 355 g/mol. The zero-order chi connectivity index (χ0) is 18.4. The van der Waals surface area contributed by atoms with Crippen LogP contribution in [0.2, 0.25) is 0 Å². The standard InChI is InChI=1S/C19H25N5O2/c1-3-8-20-18(25)15-13-21-19(22-14-15)24-11-9-23(10-12-24)16-6-4-5-7-17(16)26-2/h4-7,13-14H,3,8-12H2,1-2H3,(H,20,25). The molecule has 26 heavy (non-hydrogen) atoms. The fraction of sp³-hybridized carbons (Fsp3) is 0.421. The highest BCUT2D eigenvalue weighted by atomic mass is 16.5. The van der Waals surface area contributed by atoms with Crippen LogP contribution in [0.5, 0.6) is 5.75 Å². The number of nitrogens with one attached hydrogen (secondary N) is 1. The van der Waals surface area contributed by atoms with Gasteiger partial charge in [0.1, 0.15) is 5.75 Å². The van der Waals surface area contributed by atoms with Crippen molar-refractivity contribution in [1.82, 2.24) is 15.3 Å². The van der Waals surface area contributed by atoms with E-state index in [0.717, 1.165) is 44.0 Å². The van der Waals surface area contributed by atoms with E-state index in [4.69, 9.17) is 4.74 Å². The lowest BCUT2D eigenvalue weighted by Gasteiger charge is -2.36. The summed E-state index contributed by atoms with van der Waals surface area (Å²) < 4.78 is 5.46. The number of aromatic nitrogens is 2. The minimum Gasteiger partial charge on any atom is -0.495 e. The molecule has 1 N–H and O–H groups in total. The van der Waals surface area contributed by atoms with Crippen molar-refractivity contribution in [3.8, 4) is 5.75 Å². The molecule has 2 heterocycles. The lowest BCUT2D eigenvalue weighted by atomic mass is 10.2. The van der Waals surface area contributed by atoms with E-state index in [2.05, 4.69) is 31.2 Å². The number of para-hydroxylation sites is 2. The Kier molecular flexibility index (Phi) is 5.88. The Morgan fingerprint density at radius 2 is 1.77 bits per heavy atom. The fourth-order valence-corrected chi connectivity index (χ4v) is 2.98. The monoisotopic (exact) mass is 355 g/mol. The Balaban J connectivity index is 1.60. The number of piperazine rings is 1. The number of rotatable bonds is 6.